The molecule has 3 heterocycles. The quantitative estimate of drug-likeness (QED) is 0.649. The Morgan fingerprint density at radius 1 is 1.28 bits per heavy atom. The third-order valence-corrected chi connectivity index (χ3v) is 6.65. The molecule has 1 aromatic carbocycles. The van der Waals surface area contributed by atoms with Crippen molar-refractivity contribution in [1.82, 2.24) is 9.71 Å². The summed E-state index contributed by atoms with van der Waals surface area (Å²) in [4.78, 5) is 6.06. The van der Waals surface area contributed by atoms with E-state index in [9.17, 15) is 23.0 Å². The fraction of sp³-hybridized carbons (Fsp3) is 0.389. The Kier molecular flexibility index (Phi) is 5.16. The second kappa shape index (κ2) is 7.37. The number of pyridine rings is 1. The number of rotatable bonds is 4. The standard InChI is InChI=1S/C18H19ClFN3O5S/c1-9-2-11(3-17(21-9)23-6-10(24)7-23)29(26,27)22-15-8-28-16-5-14(20)13(19)4-12(16)18(15)25/h2-5,10,15,18,22,24-25H,6-8H2,1H3/t15-,18+/m1/s1. The molecule has 2 aliphatic heterocycles. The first-order valence-electron chi connectivity index (χ1n) is 8.88. The summed E-state index contributed by atoms with van der Waals surface area (Å²) < 4.78 is 47.3. The molecule has 3 N–H and O–H groups in total. The summed E-state index contributed by atoms with van der Waals surface area (Å²) in [5, 5.41) is 19.9. The van der Waals surface area contributed by atoms with E-state index in [-0.39, 0.29) is 27.8 Å². The maximum atomic E-state index is 13.6. The number of aliphatic hydroxyl groups excluding tert-OH is 2. The van der Waals surface area contributed by atoms with Crippen molar-refractivity contribution in [3.63, 3.8) is 0 Å². The first-order chi connectivity index (χ1) is 13.6. The van der Waals surface area contributed by atoms with Gasteiger partial charge in [-0.15, -0.1) is 0 Å². The topological polar surface area (TPSA) is 112 Å². The molecule has 0 radical (unpaired) electrons. The summed E-state index contributed by atoms with van der Waals surface area (Å²) in [6.45, 7) is 2.26. The average Bonchev–Trinajstić information content (AvgIpc) is 2.62. The van der Waals surface area contributed by atoms with E-state index in [1.807, 2.05) is 0 Å². The number of aromatic nitrogens is 1. The maximum Gasteiger partial charge on any atom is 0.241 e. The third-order valence-electron chi connectivity index (χ3n) is 4.89. The van der Waals surface area contributed by atoms with Gasteiger partial charge in [0, 0.05) is 36.5 Å². The molecule has 2 atom stereocenters. The van der Waals surface area contributed by atoms with Gasteiger partial charge in [-0.2, -0.15) is 0 Å². The van der Waals surface area contributed by atoms with E-state index >= 15 is 0 Å². The minimum absolute atomic E-state index is 0.0171. The van der Waals surface area contributed by atoms with Gasteiger partial charge in [0.2, 0.25) is 10.0 Å². The summed E-state index contributed by atoms with van der Waals surface area (Å²) >= 11 is 5.77. The first kappa shape index (κ1) is 20.3. The van der Waals surface area contributed by atoms with E-state index in [4.69, 9.17) is 16.3 Å². The van der Waals surface area contributed by atoms with Crippen molar-refractivity contribution >= 4 is 27.4 Å². The predicted octanol–water partition coefficient (Wildman–Crippen LogP) is 1.14. The van der Waals surface area contributed by atoms with Crippen LogP contribution in [0.2, 0.25) is 5.02 Å². The molecular formula is C18H19ClFN3O5S. The molecular weight excluding hydrogens is 425 g/mol. The molecule has 2 aliphatic rings. The Balaban J connectivity index is 1.58. The fourth-order valence-electron chi connectivity index (χ4n) is 3.33. The van der Waals surface area contributed by atoms with Crippen LogP contribution in [0.4, 0.5) is 10.2 Å². The Bertz CT molecular complexity index is 1060. The molecule has 1 fully saturated rings. The van der Waals surface area contributed by atoms with Crippen molar-refractivity contribution in [2.75, 3.05) is 24.6 Å². The van der Waals surface area contributed by atoms with Crippen LogP contribution in [0.1, 0.15) is 17.4 Å². The molecule has 1 aromatic heterocycles. The van der Waals surface area contributed by atoms with Gasteiger partial charge in [0.05, 0.1) is 22.1 Å². The van der Waals surface area contributed by atoms with Crippen LogP contribution in [0.15, 0.2) is 29.2 Å². The number of aliphatic hydroxyl groups is 2. The maximum absolute atomic E-state index is 13.6. The zero-order chi connectivity index (χ0) is 20.9. The van der Waals surface area contributed by atoms with E-state index in [0.29, 0.717) is 24.6 Å². The van der Waals surface area contributed by atoms with E-state index in [0.717, 1.165) is 6.07 Å². The number of hydrogen-bond acceptors (Lipinski definition) is 7. The Hall–Kier alpha value is -1.98. The highest BCUT2D eigenvalue weighted by atomic mass is 35.5. The van der Waals surface area contributed by atoms with Crippen LogP contribution in [-0.4, -0.2) is 55.5 Å². The highest BCUT2D eigenvalue weighted by Gasteiger charge is 2.34. The molecule has 1 saturated heterocycles. The zero-order valence-corrected chi connectivity index (χ0v) is 16.9. The summed E-state index contributed by atoms with van der Waals surface area (Å²) in [7, 11) is -4.02. The molecule has 29 heavy (non-hydrogen) atoms. The van der Waals surface area contributed by atoms with Gasteiger partial charge in [-0.05, 0) is 19.1 Å². The predicted molar refractivity (Wildman–Crippen MR) is 103 cm³/mol. The number of aryl methyl sites for hydroxylation is 1. The van der Waals surface area contributed by atoms with Crippen LogP contribution < -0.4 is 14.4 Å². The number of sulfonamides is 1. The van der Waals surface area contributed by atoms with E-state index < -0.39 is 34.1 Å². The summed E-state index contributed by atoms with van der Waals surface area (Å²) in [5.41, 5.74) is 0.703. The lowest BCUT2D eigenvalue weighted by atomic mass is 10.00. The SMILES string of the molecule is Cc1cc(S(=O)(=O)N[C@@H]2COc3cc(F)c(Cl)cc3[C@@H]2O)cc(N2CC(O)C2)n1. The molecule has 0 amide bonds. The number of benzene rings is 1. The van der Waals surface area contributed by atoms with Crippen LogP contribution in [0.25, 0.3) is 0 Å². The molecule has 0 bridgehead atoms. The summed E-state index contributed by atoms with van der Waals surface area (Å²) in [6.07, 6.45) is -1.72. The molecule has 0 unspecified atom stereocenters. The summed E-state index contributed by atoms with van der Waals surface area (Å²) in [5.74, 6) is -0.121. The monoisotopic (exact) mass is 443 g/mol. The number of anilines is 1. The molecule has 156 valence electrons. The third kappa shape index (κ3) is 3.90. The average molecular weight is 444 g/mol. The molecule has 0 spiro atoms. The first-order valence-corrected chi connectivity index (χ1v) is 10.7. The van der Waals surface area contributed by atoms with E-state index in [2.05, 4.69) is 9.71 Å². The minimum Gasteiger partial charge on any atom is -0.491 e. The van der Waals surface area contributed by atoms with E-state index in [1.165, 1.54) is 18.2 Å². The molecule has 0 saturated carbocycles. The van der Waals surface area contributed by atoms with Crippen LogP contribution in [0, 0.1) is 12.7 Å². The second-order valence-electron chi connectivity index (χ2n) is 7.15. The van der Waals surface area contributed by atoms with Gasteiger partial charge in [0.1, 0.15) is 30.1 Å². The minimum atomic E-state index is -4.02. The van der Waals surface area contributed by atoms with Gasteiger partial charge >= 0.3 is 0 Å². The lowest BCUT2D eigenvalue weighted by Crippen LogP contribution is -2.51. The Morgan fingerprint density at radius 3 is 2.69 bits per heavy atom. The Morgan fingerprint density at radius 2 is 2.00 bits per heavy atom. The summed E-state index contributed by atoms with van der Waals surface area (Å²) in [6, 6.07) is 4.12. The van der Waals surface area contributed by atoms with Gasteiger partial charge in [0.15, 0.2) is 0 Å². The molecule has 8 nitrogen and oxygen atoms in total. The van der Waals surface area contributed by atoms with Crippen LogP contribution >= 0.6 is 11.6 Å². The van der Waals surface area contributed by atoms with Gasteiger partial charge in [0.25, 0.3) is 0 Å². The molecule has 4 rings (SSSR count). The Labute approximate surface area is 171 Å². The number of nitrogens with one attached hydrogen (secondary N) is 1. The number of nitrogens with zero attached hydrogens (tertiary/aromatic N) is 2. The largest absolute Gasteiger partial charge is 0.491 e. The highest BCUT2D eigenvalue weighted by molar-refractivity contribution is 7.89. The number of halogens is 2. The normalized spacial score (nSPS) is 22.0. The lowest BCUT2D eigenvalue weighted by molar-refractivity contribution is 0.0837. The molecule has 11 heteroatoms. The fourth-order valence-corrected chi connectivity index (χ4v) is 4.82. The smallest absolute Gasteiger partial charge is 0.241 e. The van der Waals surface area contributed by atoms with Crippen LogP contribution in [0.3, 0.4) is 0 Å². The van der Waals surface area contributed by atoms with Crippen LogP contribution in [-0.2, 0) is 10.0 Å². The zero-order valence-electron chi connectivity index (χ0n) is 15.3. The van der Waals surface area contributed by atoms with Crippen LogP contribution in [0.5, 0.6) is 5.75 Å². The lowest BCUT2D eigenvalue weighted by Gasteiger charge is -2.37. The number of fused-ring (bicyclic) bond motifs is 1. The van der Waals surface area contributed by atoms with Crippen molar-refractivity contribution in [3.05, 3.63) is 46.4 Å². The van der Waals surface area contributed by atoms with E-state index in [1.54, 1.807) is 11.8 Å². The van der Waals surface area contributed by atoms with Crippen molar-refractivity contribution < 1.29 is 27.8 Å². The molecule has 0 aliphatic carbocycles. The second-order valence-corrected chi connectivity index (χ2v) is 9.27. The number of ether oxygens (including phenoxy) is 1. The van der Waals surface area contributed by atoms with Crippen molar-refractivity contribution in [2.45, 2.75) is 30.1 Å². The highest BCUT2D eigenvalue weighted by Crippen LogP contribution is 2.36. The van der Waals surface area contributed by atoms with Gasteiger partial charge in [-0.1, -0.05) is 11.6 Å². The van der Waals surface area contributed by atoms with Crippen molar-refractivity contribution in [2.24, 2.45) is 0 Å². The molecule has 2 aromatic rings. The number of β-amino-alcohol motifs (C(OH)–C–C–N with tert-alkyl or cyclic N) is 1. The van der Waals surface area contributed by atoms with Gasteiger partial charge in [-0.3, -0.25) is 0 Å². The van der Waals surface area contributed by atoms with Gasteiger partial charge in [-0.25, -0.2) is 22.5 Å². The van der Waals surface area contributed by atoms with Crippen molar-refractivity contribution in [1.29, 1.82) is 0 Å². The van der Waals surface area contributed by atoms with Crippen molar-refractivity contribution in [3.8, 4) is 5.75 Å². The number of hydrogen-bond donors (Lipinski definition) is 3. The van der Waals surface area contributed by atoms with Gasteiger partial charge < -0.3 is 19.8 Å².